The first-order valence-electron chi connectivity index (χ1n) is 7.37. The Morgan fingerprint density at radius 1 is 1.21 bits per heavy atom. The highest BCUT2D eigenvalue weighted by molar-refractivity contribution is 9.10. The highest BCUT2D eigenvalue weighted by Gasteiger charge is 2.22. The van der Waals surface area contributed by atoms with E-state index in [2.05, 4.69) is 21.2 Å². The Balaban J connectivity index is 1.91. The van der Waals surface area contributed by atoms with Gasteiger partial charge in [-0.3, -0.25) is 9.59 Å². The van der Waals surface area contributed by atoms with E-state index in [4.69, 9.17) is 14.3 Å². The average molecular weight is 396 g/mol. The lowest BCUT2D eigenvalue weighted by atomic mass is 10.0. The Morgan fingerprint density at radius 2 is 1.88 bits per heavy atom. The average Bonchev–Trinajstić information content (AvgIpc) is 3.02. The van der Waals surface area contributed by atoms with Gasteiger partial charge in [-0.2, -0.15) is 0 Å². The van der Waals surface area contributed by atoms with Crippen molar-refractivity contribution in [2.75, 3.05) is 0 Å². The molecule has 2 N–H and O–H groups in total. The molecule has 1 aromatic carbocycles. The van der Waals surface area contributed by atoms with Gasteiger partial charge in [0.1, 0.15) is 18.1 Å². The van der Waals surface area contributed by atoms with Crippen molar-refractivity contribution in [3.63, 3.8) is 0 Å². The second kappa shape index (κ2) is 8.01. The van der Waals surface area contributed by atoms with E-state index in [0.717, 1.165) is 4.47 Å². The van der Waals surface area contributed by atoms with Gasteiger partial charge in [0.25, 0.3) is 5.91 Å². The smallest absolute Gasteiger partial charge is 0.308 e. The van der Waals surface area contributed by atoms with Crippen molar-refractivity contribution in [2.24, 2.45) is 5.92 Å². The molecule has 1 heterocycles. The summed E-state index contributed by atoms with van der Waals surface area (Å²) >= 11 is 3.34. The predicted molar refractivity (Wildman–Crippen MR) is 90.9 cm³/mol. The van der Waals surface area contributed by atoms with E-state index in [9.17, 15) is 9.59 Å². The number of halogens is 1. The fourth-order valence-corrected chi connectivity index (χ4v) is 2.14. The molecule has 0 radical (unpaired) electrons. The minimum absolute atomic E-state index is 0.119. The highest BCUT2D eigenvalue weighted by atomic mass is 79.9. The van der Waals surface area contributed by atoms with Crippen LogP contribution in [0.3, 0.4) is 0 Å². The number of aliphatic carboxylic acids is 1. The van der Waals surface area contributed by atoms with Crippen LogP contribution in [0.5, 0.6) is 5.75 Å². The van der Waals surface area contributed by atoms with Crippen molar-refractivity contribution in [2.45, 2.75) is 26.5 Å². The van der Waals surface area contributed by atoms with E-state index in [-0.39, 0.29) is 12.4 Å². The molecule has 1 amide bonds. The van der Waals surface area contributed by atoms with E-state index in [1.165, 1.54) is 13.0 Å². The van der Waals surface area contributed by atoms with Crippen molar-refractivity contribution in [3.05, 3.63) is 52.4 Å². The zero-order valence-electron chi connectivity index (χ0n) is 13.3. The lowest BCUT2D eigenvalue weighted by molar-refractivity contribution is -0.141. The van der Waals surface area contributed by atoms with Crippen LogP contribution in [0.4, 0.5) is 0 Å². The fourth-order valence-electron chi connectivity index (χ4n) is 1.88. The van der Waals surface area contributed by atoms with Gasteiger partial charge in [-0.1, -0.05) is 15.9 Å². The van der Waals surface area contributed by atoms with Crippen molar-refractivity contribution in [1.29, 1.82) is 0 Å². The summed E-state index contributed by atoms with van der Waals surface area (Å²) in [5, 5.41) is 11.6. The first-order valence-corrected chi connectivity index (χ1v) is 8.17. The maximum Gasteiger partial charge on any atom is 0.308 e. The van der Waals surface area contributed by atoms with Gasteiger partial charge in [0, 0.05) is 10.5 Å². The summed E-state index contributed by atoms with van der Waals surface area (Å²) in [5.74, 6) is -0.805. The molecular formula is C17H18BrNO5. The number of ether oxygens (including phenoxy) is 1. The minimum Gasteiger partial charge on any atom is -0.486 e. The van der Waals surface area contributed by atoms with Crippen molar-refractivity contribution in [1.82, 2.24) is 5.32 Å². The van der Waals surface area contributed by atoms with Gasteiger partial charge in [0.15, 0.2) is 5.76 Å². The van der Waals surface area contributed by atoms with Crippen LogP contribution in [0.15, 0.2) is 45.3 Å². The van der Waals surface area contributed by atoms with E-state index in [1.54, 1.807) is 13.0 Å². The third kappa shape index (κ3) is 4.86. The van der Waals surface area contributed by atoms with E-state index in [0.29, 0.717) is 11.5 Å². The Bertz CT molecular complexity index is 710. The largest absolute Gasteiger partial charge is 0.486 e. The molecule has 2 aromatic rings. The number of hydrogen-bond acceptors (Lipinski definition) is 4. The SMILES string of the molecule is CC(NC(=O)c1ccc(COc2ccc(Br)cc2)o1)C(C)C(=O)O. The van der Waals surface area contributed by atoms with Crippen LogP contribution in [0.25, 0.3) is 0 Å². The first kappa shape index (κ1) is 18.1. The highest BCUT2D eigenvalue weighted by Crippen LogP contribution is 2.18. The second-order valence-corrected chi connectivity index (χ2v) is 6.31. The number of amides is 1. The minimum atomic E-state index is -0.967. The van der Waals surface area contributed by atoms with Crippen LogP contribution < -0.4 is 10.1 Å². The molecule has 7 heteroatoms. The van der Waals surface area contributed by atoms with E-state index in [1.807, 2.05) is 24.3 Å². The third-order valence-electron chi connectivity index (χ3n) is 3.58. The summed E-state index contributed by atoms with van der Waals surface area (Å²) < 4.78 is 12.0. The van der Waals surface area contributed by atoms with Crippen LogP contribution in [0.2, 0.25) is 0 Å². The quantitative estimate of drug-likeness (QED) is 0.749. The van der Waals surface area contributed by atoms with Crippen molar-refractivity contribution < 1.29 is 23.8 Å². The molecule has 0 saturated carbocycles. The molecule has 1 aromatic heterocycles. The van der Waals surface area contributed by atoms with Gasteiger partial charge < -0.3 is 19.6 Å². The van der Waals surface area contributed by atoms with Gasteiger partial charge in [-0.15, -0.1) is 0 Å². The molecule has 0 aliphatic heterocycles. The lowest BCUT2D eigenvalue weighted by Crippen LogP contribution is -2.39. The molecular weight excluding hydrogens is 378 g/mol. The van der Waals surface area contributed by atoms with Crippen LogP contribution >= 0.6 is 15.9 Å². The fraction of sp³-hybridized carbons (Fsp3) is 0.294. The lowest BCUT2D eigenvalue weighted by Gasteiger charge is -2.16. The zero-order chi connectivity index (χ0) is 17.7. The number of furan rings is 1. The van der Waals surface area contributed by atoms with E-state index >= 15 is 0 Å². The van der Waals surface area contributed by atoms with Crippen molar-refractivity contribution in [3.8, 4) is 5.75 Å². The Labute approximate surface area is 147 Å². The predicted octanol–water partition coefficient (Wildman–Crippen LogP) is 3.46. The molecule has 0 bridgehead atoms. The Hall–Kier alpha value is -2.28. The number of benzene rings is 1. The Morgan fingerprint density at radius 3 is 2.50 bits per heavy atom. The van der Waals surface area contributed by atoms with Crippen molar-refractivity contribution >= 4 is 27.8 Å². The number of carbonyl (C=O) groups excluding carboxylic acids is 1. The van der Waals surface area contributed by atoms with Crippen LogP contribution in [0.1, 0.15) is 30.2 Å². The van der Waals surface area contributed by atoms with Gasteiger partial charge in [-0.25, -0.2) is 0 Å². The number of carboxylic acid groups (broad SMARTS) is 1. The van der Waals surface area contributed by atoms with Gasteiger partial charge in [0.05, 0.1) is 5.92 Å². The van der Waals surface area contributed by atoms with Crippen LogP contribution in [-0.4, -0.2) is 23.0 Å². The molecule has 0 fully saturated rings. The summed E-state index contributed by atoms with van der Waals surface area (Å²) in [6, 6.07) is 10.0. The molecule has 6 nitrogen and oxygen atoms in total. The number of nitrogens with one attached hydrogen (secondary N) is 1. The monoisotopic (exact) mass is 395 g/mol. The summed E-state index contributed by atoms with van der Waals surface area (Å²) in [6.45, 7) is 3.36. The summed E-state index contributed by atoms with van der Waals surface area (Å²) in [7, 11) is 0. The molecule has 2 rings (SSSR count). The molecule has 24 heavy (non-hydrogen) atoms. The molecule has 128 valence electrons. The number of carboxylic acids is 1. The molecule has 0 saturated heterocycles. The second-order valence-electron chi connectivity index (χ2n) is 5.40. The van der Waals surface area contributed by atoms with Crippen LogP contribution in [-0.2, 0) is 11.4 Å². The molecule has 2 unspecified atom stereocenters. The maximum absolute atomic E-state index is 12.1. The van der Waals surface area contributed by atoms with Gasteiger partial charge in [0.2, 0.25) is 0 Å². The number of rotatable bonds is 7. The topological polar surface area (TPSA) is 88.8 Å². The number of hydrogen-bond donors (Lipinski definition) is 2. The Kier molecular flexibility index (Phi) is 6.03. The summed E-state index contributed by atoms with van der Waals surface area (Å²) in [4.78, 5) is 23.0. The first-order chi connectivity index (χ1) is 11.4. The molecule has 0 spiro atoms. The number of carbonyl (C=O) groups is 2. The summed E-state index contributed by atoms with van der Waals surface area (Å²) in [6.07, 6.45) is 0. The van der Waals surface area contributed by atoms with Crippen LogP contribution in [0, 0.1) is 5.92 Å². The zero-order valence-corrected chi connectivity index (χ0v) is 14.9. The summed E-state index contributed by atoms with van der Waals surface area (Å²) in [5.41, 5.74) is 0. The van der Waals surface area contributed by atoms with Gasteiger partial charge >= 0.3 is 5.97 Å². The maximum atomic E-state index is 12.1. The molecule has 0 aliphatic carbocycles. The standard InChI is InChI=1S/C17H18BrNO5/c1-10(17(21)22)11(2)19-16(20)15-8-7-14(24-15)9-23-13-5-3-12(18)4-6-13/h3-8,10-11H,9H2,1-2H3,(H,19,20)(H,21,22). The van der Waals surface area contributed by atoms with Gasteiger partial charge in [-0.05, 0) is 50.2 Å². The molecule has 2 atom stereocenters. The molecule has 0 aliphatic rings. The normalized spacial score (nSPS) is 13.1. The third-order valence-corrected chi connectivity index (χ3v) is 4.11. The van der Waals surface area contributed by atoms with E-state index < -0.39 is 23.8 Å².